The van der Waals surface area contributed by atoms with Gasteiger partial charge in [0.05, 0.1) is 5.69 Å². The minimum atomic E-state index is -1.16. The Morgan fingerprint density at radius 2 is 1.79 bits per heavy atom. The van der Waals surface area contributed by atoms with E-state index >= 15 is 0 Å². The zero-order valence-corrected chi connectivity index (χ0v) is 14.8. The fourth-order valence-corrected chi connectivity index (χ4v) is 2.72. The lowest BCUT2D eigenvalue weighted by molar-refractivity contribution is -0.139. The van der Waals surface area contributed by atoms with Gasteiger partial charge in [-0.3, -0.25) is 14.9 Å². The molecule has 1 fully saturated rings. The number of barbiturate groups is 1. The number of anilines is 1. The molecule has 1 saturated heterocycles. The van der Waals surface area contributed by atoms with Crippen molar-refractivity contribution in [2.75, 3.05) is 11.5 Å². The Balaban J connectivity index is 2.01. The van der Waals surface area contributed by atoms with Crippen LogP contribution in [0.5, 0.6) is 5.75 Å². The molecule has 0 radical (unpaired) electrons. The van der Waals surface area contributed by atoms with E-state index in [1.54, 1.807) is 49.4 Å². The van der Waals surface area contributed by atoms with Gasteiger partial charge in [-0.1, -0.05) is 36.4 Å². The van der Waals surface area contributed by atoms with Crippen LogP contribution in [0.3, 0.4) is 0 Å². The highest BCUT2D eigenvalue weighted by Gasteiger charge is 2.37. The molecule has 1 heterocycles. The van der Waals surface area contributed by atoms with Gasteiger partial charge >= 0.3 is 12.0 Å². The lowest BCUT2D eigenvalue weighted by Crippen LogP contribution is -2.54. The van der Waals surface area contributed by atoms with Crippen molar-refractivity contribution in [2.24, 2.45) is 0 Å². The summed E-state index contributed by atoms with van der Waals surface area (Å²) in [5, 5.41) is 10.9. The van der Waals surface area contributed by atoms with Crippen LogP contribution in [0.1, 0.15) is 11.1 Å². The number of carboxylic acids is 1. The minimum Gasteiger partial charge on any atom is -0.481 e. The Bertz CT molecular complexity index is 1010. The number of rotatable bonds is 5. The second-order valence-corrected chi connectivity index (χ2v) is 5.96. The number of hydrogen-bond donors (Lipinski definition) is 2. The molecule has 0 aliphatic carbocycles. The molecule has 0 aromatic heterocycles. The first kappa shape index (κ1) is 18.8. The van der Waals surface area contributed by atoms with Crippen LogP contribution in [0.15, 0.2) is 54.1 Å². The topological polar surface area (TPSA) is 113 Å². The molecule has 3 rings (SSSR count). The quantitative estimate of drug-likeness (QED) is 0.607. The van der Waals surface area contributed by atoms with Crippen molar-refractivity contribution in [1.29, 1.82) is 0 Å². The number of urea groups is 1. The molecule has 28 heavy (non-hydrogen) atoms. The van der Waals surface area contributed by atoms with Gasteiger partial charge < -0.3 is 9.84 Å². The number of hydrogen-bond acceptors (Lipinski definition) is 5. The average Bonchev–Trinajstić information content (AvgIpc) is 2.65. The maximum absolute atomic E-state index is 12.9. The first-order valence-corrected chi connectivity index (χ1v) is 8.29. The van der Waals surface area contributed by atoms with Crippen LogP contribution in [0.4, 0.5) is 10.5 Å². The summed E-state index contributed by atoms with van der Waals surface area (Å²) in [6.07, 6.45) is 1.27. The number of imide groups is 2. The van der Waals surface area contributed by atoms with Crippen LogP contribution >= 0.6 is 0 Å². The molecule has 0 bridgehead atoms. The monoisotopic (exact) mass is 380 g/mol. The molecule has 0 atom stereocenters. The van der Waals surface area contributed by atoms with E-state index in [-0.39, 0.29) is 11.3 Å². The molecule has 1 aliphatic heterocycles. The summed E-state index contributed by atoms with van der Waals surface area (Å²) in [4.78, 5) is 49.1. The van der Waals surface area contributed by atoms with E-state index in [0.29, 0.717) is 16.8 Å². The van der Waals surface area contributed by atoms with Crippen LogP contribution in [0, 0.1) is 6.92 Å². The summed E-state index contributed by atoms with van der Waals surface area (Å²) < 4.78 is 5.19. The number of carbonyl (C=O) groups excluding carboxylic acids is 3. The smallest absolute Gasteiger partial charge is 0.341 e. The molecule has 0 saturated carbocycles. The number of carboxylic acid groups (broad SMARTS) is 1. The molecular weight excluding hydrogens is 364 g/mol. The maximum atomic E-state index is 12.9. The second-order valence-electron chi connectivity index (χ2n) is 5.96. The maximum Gasteiger partial charge on any atom is 0.341 e. The Morgan fingerprint density at radius 3 is 2.50 bits per heavy atom. The number of aliphatic carboxylic acids is 1. The van der Waals surface area contributed by atoms with Gasteiger partial charge in [-0.25, -0.2) is 14.5 Å². The molecule has 0 unspecified atom stereocenters. The highest BCUT2D eigenvalue weighted by molar-refractivity contribution is 6.39. The van der Waals surface area contributed by atoms with Crippen molar-refractivity contribution >= 4 is 35.6 Å². The third-order valence-electron chi connectivity index (χ3n) is 4.03. The Morgan fingerprint density at radius 1 is 1.11 bits per heavy atom. The molecule has 0 spiro atoms. The number of para-hydroxylation sites is 2. The predicted molar refractivity (Wildman–Crippen MR) is 99.8 cm³/mol. The molecule has 142 valence electrons. The van der Waals surface area contributed by atoms with Gasteiger partial charge in [-0.2, -0.15) is 0 Å². The number of benzene rings is 2. The third kappa shape index (κ3) is 3.75. The number of nitrogens with one attached hydrogen (secondary N) is 1. The predicted octanol–water partition coefficient (Wildman–Crippen LogP) is 2.12. The van der Waals surface area contributed by atoms with Crippen molar-refractivity contribution in [3.63, 3.8) is 0 Å². The Kier molecular flexibility index (Phi) is 5.21. The minimum absolute atomic E-state index is 0.192. The molecule has 2 aromatic carbocycles. The lowest BCUT2D eigenvalue weighted by atomic mass is 10.1. The van der Waals surface area contributed by atoms with E-state index in [0.717, 1.165) is 4.90 Å². The van der Waals surface area contributed by atoms with Crippen LogP contribution in [-0.2, 0) is 14.4 Å². The van der Waals surface area contributed by atoms with Gasteiger partial charge in [-0.05, 0) is 30.7 Å². The average molecular weight is 380 g/mol. The van der Waals surface area contributed by atoms with E-state index in [1.807, 2.05) is 0 Å². The molecule has 2 aromatic rings. The molecule has 1 aliphatic rings. The van der Waals surface area contributed by atoms with Gasteiger partial charge in [0.15, 0.2) is 6.61 Å². The zero-order valence-electron chi connectivity index (χ0n) is 14.8. The molecule has 8 nitrogen and oxygen atoms in total. The summed E-state index contributed by atoms with van der Waals surface area (Å²) in [5.41, 5.74) is 1.11. The Hall–Kier alpha value is -3.94. The van der Waals surface area contributed by atoms with E-state index in [2.05, 4.69) is 5.32 Å². The van der Waals surface area contributed by atoms with Gasteiger partial charge in [0, 0.05) is 5.56 Å². The van der Waals surface area contributed by atoms with Crippen LogP contribution in [0.2, 0.25) is 0 Å². The summed E-state index contributed by atoms with van der Waals surface area (Å²) >= 11 is 0. The SMILES string of the molecule is Cc1ccccc1N1C(=O)NC(=O)/C(=C/c2ccccc2OCC(=O)O)C1=O. The standard InChI is InChI=1S/C20H16N2O6/c1-12-6-2-4-8-15(12)22-19(26)14(18(25)21-20(22)27)10-13-7-3-5-9-16(13)28-11-17(23)24/h2-10H,11H2,1H3,(H,23,24)(H,21,25,27)/b14-10-. The summed E-state index contributed by atoms with van der Waals surface area (Å²) in [6.45, 7) is 1.17. The van der Waals surface area contributed by atoms with Crippen molar-refractivity contribution in [3.8, 4) is 5.75 Å². The largest absolute Gasteiger partial charge is 0.481 e. The normalized spacial score (nSPS) is 15.5. The van der Waals surface area contributed by atoms with Crippen molar-refractivity contribution in [1.82, 2.24) is 5.32 Å². The number of aryl methyl sites for hydroxylation is 1. The van der Waals surface area contributed by atoms with Crippen molar-refractivity contribution in [3.05, 3.63) is 65.2 Å². The summed E-state index contributed by atoms with van der Waals surface area (Å²) in [5.74, 6) is -2.59. The highest BCUT2D eigenvalue weighted by atomic mass is 16.5. The lowest BCUT2D eigenvalue weighted by Gasteiger charge is -2.27. The summed E-state index contributed by atoms with van der Waals surface area (Å²) in [7, 11) is 0. The van der Waals surface area contributed by atoms with Crippen molar-refractivity contribution < 1.29 is 29.0 Å². The van der Waals surface area contributed by atoms with E-state index < -0.39 is 30.4 Å². The van der Waals surface area contributed by atoms with E-state index in [1.165, 1.54) is 12.1 Å². The number of nitrogens with zero attached hydrogens (tertiary/aromatic N) is 1. The summed E-state index contributed by atoms with van der Waals surface area (Å²) in [6, 6.07) is 12.3. The van der Waals surface area contributed by atoms with E-state index in [4.69, 9.17) is 9.84 Å². The molecular formula is C20H16N2O6. The van der Waals surface area contributed by atoms with Crippen LogP contribution in [0.25, 0.3) is 6.08 Å². The molecule has 4 amide bonds. The van der Waals surface area contributed by atoms with Gasteiger partial charge in [0.1, 0.15) is 11.3 Å². The van der Waals surface area contributed by atoms with E-state index in [9.17, 15) is 19.2 Å². The Labute approximate surface area is 160 Å². The first-order chi connectivity index (χ1) is 13.4. The molecule has 8 heteroatoms. The number of carbonyl (C=O) groups is 4. The third-order valence-corrected chi connectivity index (χ3v) is 4.03. The fraction of sp³-hybridized carbons (Fsp3) is 0.100. The second kappa shape index (κ2) is 7.75. The van der Waals surface area contributed by atoms with Crippen molar-refractivity contribution in [2.45, 2.75) is 6.92 Å². The zero-order chi connectivity index (χ0) is 20.3. The van der Waals surface area contributed by atoms with Gasteiger partial charge in [0.2, 0.25) is 0 Å². The number of ether oxygens (including phenoxy) is 1. The van der Waals surface area contributed by atoms with Crippen LogP contribution < -0.4 is 15.0 Å². The van der Waals surface area contributed by atoms with Gasteiger partial charge in [-0.15, -0.1) is 0 Å². The highest BCUT2D eigenvalue weighted by Crippen LogP contribution is 2.27. The number of amides is 4. The first-order valence-electron chi connectivity index (χ1n) is 8.29. The van der Waals surface area contributed by atoms with Crippen LogP contribution in [-0.4, -0.2) is 35.5 Å². The molecule has 2 N–H and O–H groups in total. The van der Waals surface area contributed by atoms with Gasteiger partial charge in [0.25, 0.3) is 11.8 Å². The fourth-order valence-electron chi connectivity index (χ4n) is 2.72.